The van der Waals surface area contributed by atoms with Crippen molar-refractivity contribution >= 4 is 5.96 Å². The summed E-state index contributed by atoms with van der Waals surface area (Å²) in [7, 11) is 3.61. The fraction of sp³-hybridized carbons (Fsp3) is 0.600. The number of rotatable bonds is 9. The molecule has 0 radical (unpaired) electrons. The van der Waals surface area contributed by atoms with Gasteiger partial charge < -0.3 is 10.2 Å². The number of unbranched alkanes of at least 4 members (excludes halogenated alkanes) is 3. The van der Waals surface area contributed by atoms with E-state index in [1.807, 2.05) is 18.0 Å². The van der Waals surface area contributed by atoms with Crippen molar-refractivity contribution in [1.29, 1.82) is 0 Å². The van der Waals surface area contributed by atoms with Crippen LogP contribution >= 0.6 is 0 Å². The minimum atomic E-state index is -2.58. The van der Waals surface area contributed by atoms with Crippen LogP contribution in [0.5, 0.6) is 0 Å². The van der Waals surface area contributed by atoms with E-state index in [0.717, 1.165) is 36.8 Å². The van der Waals surface area contributed by atoms with E-state index in [0.29, 0.717) is 5.96 Å². The van der Waals surface area contributed by atoms with Gasteiger partial charge in [-0.1, -0.05) is 12.5 Å². The van der Waals surface area contributed by atoms with Crippen LogP contribution in [0.1, 0.15) is 38.1 Å². The van der Waals surface area contributed by atoms with Crippen molar-refractivity contribution in [3.63, 3.8) is 0 Å². The van der Waals surface area contributed by atoms with Gasteiger partial charge in [-0.05, 0) is 19.3 Å². The predicted molar refractivity (Wildman–Crippen MR) is 85.0 cm³/mol. The van der Waals surface area contributed by atoms with E-state index in [1.54, 1.807) is 7.05 Å². The monoisotopic (exact) mass is 313 g/mol. The van der Waals surface area contributed by atoms with E-state index >= 15 is 0 Å². The Kier molecular flexibility index (Phi) is 8.17. The molecular weight excluding hydrogens is 288 g/mol. The van der Waals surface area contributed by atoms with Crippen molar-refractivity contribution in [2.24, 2.45) is 4.99 Å². The zero-order chi connectivity index (χ0) is 16.4. The summed E-state index contributed by atoms with van der Waals surface area (Å²) < 4.78 is 26.3. The zero-order valence-electron chi connectivity index (χ0n) is 13.3. The molecule has 124 valence electrons. The average Bonchev–Trinajstić information content (AvgIpc) is 2.96. The number of aliphatic imine (C=N–C) groups is 1. The second kappa shape index (κ2) is 9.92. The number of nitrogens with one attached hydrogen (secondary N) is 1. The quantitative estimate of drug-likeness (QED) is 0.330. The third-order valence-corrected chi connectivity index (χ3v) is 3.34. The second-order valence-corrected chi connectivity index (χ2v) is 4.99. The van der Waals surface area contributed by atoms with Crippen molar-refractivity contribution in [3.8, 4) is 0 Å². The number of alkyl halides is 2. The van der Waals surface area contributed by atoms with Gasteiger partial charge in [0.15, 0.2) is 5.96 Å². The SMILES string of the molecule is C=CCCCCCN(C)C(=NC)NCc1nccn1C(F)F. The lowest BCUT2D eigenvalue weighted by Gasteiger charge is -2.22. The Labute approximate surface area is 130 Å². The zero-order valence-corrected chi connectivity index (χ0v) is 13.3. The van der Waals surface area contributed by atoms with E-state index < -0.39 is 6.55 Å². The van der Waals surface area contributed by atoms with Crippen LogP contribution in [-0.4, -0.2) is 41.1 Å². The Balaban J connectivity index is 2.41. The highest BCUT2D eigenvalue weighted by molar-refractivity contribution is 5.79. The molecule has 22 heavy (non-hydrogen) atoms. The molecule has 0 aliphatic carbocycles. The van der Waals surface area contributed by atoms with Gasteiger partial charge in [-0.15, -0.1) is 6.58 Å². The van der Waals surface area contributed by atoms with E-state index in [2.05, 4.69) is 21.9 Å². The fourth-order valence-corrected chi connectivity index (χ4v) is 2.12. The minimum absolute atomic E-state index is 0.213. The first-order valence-electron chi connectivity index (χ1n) is 7.42. The van der Waals surface area contributed by atoms with Crippen LogP contribution in [0.25, 0.3) is 0 Å². The number of imidazole rings is 1. The van der Waals surface area contributed by atoms with Crippen LogP contribution < -0.4 is 5.32 Å². The van der Waals surface area contributed by atoms with Gasteiger partial charge in [-0.2, -0.15) is 8.78 Å². The summed E-state index contributed by atoms with van der Waals surface area (Å²) in [5.74, 6) is 0.961. The number of allylic oxidation sites excluding steroid dienone is 1. The smallest absolute Gasteiger partial charge is 0.319 e. The van der Waals surface area contributed by atoms with Crippen molar-refractivity contribution < 1.29 is 8.78 Å². The highest BCUT2D eigenvalue weighted by Gasteiger charge is 2.12. The molecule has 1 rings (SSSR count). The second-order valence-electron chi connectivity index (χ2n) is 4.99. The third kappa shape index (κ3) is 5.83. The molecule has 0 spiro atoms. The van der Waals surface area contributed by atoms with Gasteiger partial charge in [0.25, 0.3) is 0 Å². The summed E-state index contributed by atoms with van der Waals surface area (Å²) in [4.78, 5) is 10.1. The van der Waals surface area contributed by atoms with Crippen LogP contribution in [0.15, 0.2) is 30.0 Å². The van der Waals surface area contributed by atoms with Gasteiger partial charge in [-0.3, -0.25) is 9.56 Å². The number of aromatic nitrogens is 2. The molecule has 1 aromatic rings. The molecular formula is C15H25F2N5. The van der Waals surface area contributed by atoms with Crippen molar-refractivity contribution in [2.45, 2.75) is 38.8 Å². The molecule has 0 aliphatic rings. The van der Waals surface area contributed by atoms with Crippen LogP contribution in [0.2, 0.25) is 0 Å². The van der Waals surface area contributed by atoms with Gasteiger partial charge in [0.1, 0.15) is 5.82 Å². The maximum atomic E-state index is 12.7. The molecule has 1 heterocycles. The van der Waals surface area contributed by atoms with Gasteiger partial charge >= 0.3 is 6.55 Å². The average molecular weight is 313 g/mol. The number of guanidine groups is 1. The lowest BCUT2D eigenvalue weighted by atomic mass is 10.2. The molecule has 7 heteroatoms. The van der Waals surface area contributed by atoms with Gasteiger partial charge in [-0.25, -0.2) is 4.98 Å². The summed E-state index contributed by atoms with van der Waals surface area (Å²) in [6, 6.07) is 0. The summed E-state index contributed by atoms with van der Waals surface area (Å²) in [5, 5.41) is 3.06. The molecule has 0 fully saturated rings. The lowest BCUT2D eigenvalue weighted by molar-refractivity contribution is 0.0668. The van der Waals surface area contributed by atoms with Crippen LogP contribution in [0.3, 0.4) is 0 Å². The van der Waals surface area contributed by atoms with E-state index in [4.69, 9.17) is 0 Å². The molecule has 1 N–H and O–H groups in total. The minimum Gasteiger partial charge on any atom is -0.349 e. The number of hydrogen-bond donors (Lipinski definition) is 1. The van der Waals surface area contributed by atoms with Gasteiger partial charge in [0.2, 0.25) is 0 Å². The highest BCUT2D eigenvalue weighted by Crippen LogP contribution is 2.12. The molecule has 0 aliphatic heterocycles. The fourth-order valence-electron chi connectivity index (χ4n) is 2.12. The lowest BCUT2D eigenvalue weighted by Crippen LogP contribution is -2.39. The van der Waals surface area contributed by atoms with Crippen molar-refractivity contribution in [1.82, 2.24) is 19.8 Å². The van der Waals surface area contributed by atoms with Crippen molar-refractivity contribution in [2.75, 3.05) is 20.6 Å². The van der Waals surface area contributed by atoms with E-state index in [9.17, 15) is 8.78 Å². The van der Waals surface area contributed by atoms with Crippen LogP contribution in [0.4, 0.5) is 8.78 Å². The number of nitrogens with zero attached hydrogens (tertiary/aromatic N) is 4. The predicted octanol–water partition coefficient (Wildman–Crippen LogP) is 3.03. The van der Waals surface area contributed by atoms with Crippen LogP contribution in [-0.2, 0) is 6.54 Å². The third-order valence-electron chi connectivity index (χ3n) is 3.34. The van der Waals surface area contributed by atoms with Gasteiger partial charge in [0.05, 0.1) is 6.54 Å². The first-order chi connectivity index (χ1) is 10.6. The maximum absolute atomic E-state index is 12.7. The Morgan fingerprint density at radius 3 is 2.91 bits per heavy atom. The first-order valence-corrected chi connectivity index (χ1v) is 7.42. The van der Waals surface area contributed by atoms with Gasteiger partial charge in [0, 0.05) is 33.0 Å². The molecule has 0 aromatic carbocycles. The molecule has 0 saturated heterocycles. The number of halogens is 2. The Morgan fingerprint density at radius 1 is 1.50 bits per heavy atom. The summed E-state index contributed by atoms with van der Waals surface area (Å²) in [6.45, 7) is 2.20. The Bertz CT molecular complexity index is 470. The Hall–Kier alpha value is -1.92. The maximum Gasteiger partial charge on any atom is 0.319 e. The molecule has 5 nitrogen and oxygen atoms in total. The molecule has 0 bridgehead atoms. The molecule has 0 atom stereocenters. The van der Waals surface area contributed by atoms with Crippen LogP contribution in [0, 0.1) is 0 Å². The molecule has 0 unspecified atom stereocenters. The highest BCUT2D eigenvalue weighted by atomic mass is 19.3. The summed E-state index contributed by atoms with van der Waals surface area (Å²) in [5.41, 5.74) is 0. The molecule has 1 aromatic heterocycles. The molecule has 0 saturated carbocycles. The summed E-state index contributed by atoms with van der Waals surface area (Å²) >= 11 is 0. The number of hydrogen-bond acceptors (Lipinski definition) is 2. The van der Waals surface area contributed by atoms with E-state index in [-0.39, 0.29) is 12.4 Å². The first kappa shape index (κ1) is 18.1. The summed E-state index contributed by atoms with van der Waals surface area (Å²) in [6.07, 6.45) is 8.92. The standard InChI is InChI=1S/C15H25F2N5/c1-4-5-6-7-8-10-21(3)15(18-2)20-12-13-19-9-11-22(13)14(16)17/h4,9,11,14H,1,5-8,10,12H2,2-3H3,(H,18,20). The van der Waals surface area contributed by atoms with E-state index in [1.165, 1.54) is 12.4 Å². The Morgan fingerprint density at radius 2 is 2.27 bits per heavy atom. The largest absolute Gasteiger partial charge is 0.349 e. The topological polar surface area (TPSA) is 45.4 Å². The molecule has 0 amide bonds. The van der Waals surface area contributed by atoms with Crippen molar-refractivity contribution in [3.05, 3.63) is 30.9 Å². The normalized spacial score (nSPS) is 11.8.